The van der Waals surface area contributed by atoms with E-state index >= 15 is 0 Å². The van der Waals surface area contributed by atoms with E-state index in [-0.39, 0.29) is 6.10 Å². The molecule has 0 bridgehead atoms. The predicted octanol–water partition coefficient (Wildman–Crippen LogP) is 1.25. The normalized spacial score (nSPS) is 13.5. The van der Waals surface area contributed by atoms with Crippen LogP contribution in [0.5, 0.6) is 0 Å². The van der Waals surface area contributed by atoms with Crippen molar-refractivity contribution in [2.24, 2.45) is 5.92 Å². The lowest BCUT2D eigenvalue weighted by Gasteiger charge is -2.13. The molecule has 0 radical (unpaired) electrons. The van der Waals surface area contributed by atoms with Crippen molar-refractivity contribution in [2.45, 2.75) is 46.3 Å². The van der Waals surface area contributed by atoms with Crippen LogP contribution in [-0.2, 0) is 13.0 Å². The molecule has 14 heavy (non-hydrogen) atoms. The van der Waals surface area contributed by atoms with Crippen LogP contribution in [0.2, 0.25) is 0 Å². The summed E-state index contributed by atoms with van der Waals surface area (Å²) in [6.45, 7) is 6.93. The van der Waals surface area contributed by atoms with Crippen LogP contribution in [0.15, 0.2) is 6.33 Å². The summed E-state index contributed by atoms with van der Waals surface area (Å²) in [5, 5.41) is 13.7. The van der Waals surface area contributed by atoms with Crippen molar-refractivity contribution >= 4 is 0 Å². The lowest BCUT2D eigenvalue weighted by atomic mass is 10.0. The Labute approximate surface area is 85.0 Å². The summed E-state index contributed by atoms with van der Waals surface area (Å²) in [7, 11) is 0. The van der Waals surface area contributed by atoms with Crippen molar-refractivity contribution in [3.05, 3.63) is 12.2 Å². The number of aliphatic hydroxyl groups excluding tert-OH is 1. The molecule has 0 spiro atoms. The van der Waals surface area contributed by atoms with E-state index in [1.807, 2.05) is 25.5 Å². The van der Waals surface area contributed by atoms with Gasteiger partial charge in [-0.15, -0.1) is 0 Å². The Morgan fingerprint density at radius 1 is 1.50 bits per heavy atom. The summed E-state index contributed by atoms with van der Waals surface area (Å²) in [6.07, 6.45) is 2.89. The molecule has 0 aromatic carbocycles. The molecule has 0 amide bonds. The number of nitrogens with zero attached hydrogens (tertiary/aromatic N) is 3. The zero-order chi connectivity index (χ0) is 10.6. The zero-order valence-electron chi connectivity index (χ0n) is 9.14. The van der Waals surface area contributed by atoms with E-state index in [0.717, 1.165) is 25.2 Å². The maximum Gasteiger partial charge on any atom is 0.138 e. The molecule has 1 aromatic rings. The second-order valence-corrected chi connectivity index (χ2v) is 3.84. The fourth-order valence-corrected chi connectivity index (χ4v) is 1.36. The molecule has 4 heteroatoms. The van der Waals surface area contributed by atoms with Gasteiger partial charge >= 0.3 is 0 Å². The molecular formula is C10H19N3O. The molecule has 1 aromatic heterocycles. The zero-order valence-corrected chi connectivity index (χ0v) is 9.14. The minimum absolute atomic E-state index is 0.239. The van der Waals surface area contributed by atoms with Crippen molar-refractivity contribution in [1.82, 2.24) is 14.8 Å². The van der Waals surface area contributed by atoms with Gasteiger partial charge < -0.3 is 5.11 Å². The van der Waals surface area contributed by atoms with Crippen molar-refractivity contribution < 1.29 is 5.11 Å². The Morgan fingerprint density at radius 2 is 2.21 bits per heavy atom. The number of hydrogen-bond acceptors (Lipinski definition) is 3. The minimum atomic E-state index is -0.239. The van der Waals surface area contributed by atoms with Crippen LogP contribution in [0.25, 0.3) is 0 Å². The third-order valence-corrected chi connectivity index (χ3v) is 2.43. The average molecular weight is 197 g/mol. The van der Waals surface area contributed by atoms with Crippen molar-refractivity contribution in [1.29, 1.82) is 0 Å². The van der Waals surface area contributed by atoms with Gasteiger partial charge in [-0.3, -0.25) is 4.68 Å². The Balaban J connectivity index is 2.45. The quantitative estimate of drug-likeness (QED) is 0.772. The van der Waals surface area contributed by atoms with E-state index in [9.17, 15) is 5.11 Å². The Kier molecular flexibility index (Phi) is 4.07. The summed E-state index contributed by atoms with van der Waals surface area (Å²) < 4.78 is 1.87. The van der Waals surface area contributed by atoms with Gasteiger partial charge in [0.15, 0.2) is 0 Å². The first-order valence-corrected chi connectivity index (χ1v) is 5.19. The summed E-state index contributed by atoms with van der Waals surface area (Å²) >= 11 is 0. The lowest BCUT2D eigenvalue weighted by Crippen LogP contribution is -2.16. The van der Waals surface area contributed by atoms with Gasteiger partial charge in [-0.1, -0.05) is 13.8 Å². The fraction of sp³-hybridized carbons (Fsp3) is 0.800. The molecule has 1 atom stereocenters. The topological polar surface area (TPSA) is 50.9 Å². The van der Waals surface area contributed by atoms with E-state index in [1.165, 1.54) is 0 Å². The molecule has 1 heterocycles. The van der Waals surface area contributed by atoms with Gasteiger partial charge in [0, 0.05) is 13.0 Å². The molecule has 0 fully saturated rings. The van der Waals surface area contributed by atoms with Crippen molar-refractivity contribution in [2.75, 3.05) is 0 Å². The lowest BCUT2D eigenvalue weighted by molar-refractivity contribution is 0.115. The smallest absolute Gasteiger partial charge is 0.138 e. The van der Waals surface area contributed by atoms with Gasteiger partial charge in [-0.2, -0.15) is 5.10 Å². The third-order valence-electron chi connectivity index (χ3n) is 2.43. The van der Waals surface area contributed by atoms with Gasteiger partial charge in [0.05, 0.1) is 6.10 Å². The number of hydrogen-bond donors (Lipinski definition) is 1. The molecule has 4 nitrogen and oxygen atoms in total. The van der Waals surface area contributed by atoms with Crippen LogP contribution in [0, 0.1) is 5.92 Å². The van der Waals surface area contributed by atoms with Crippen LogP contribution < -0.4 is 0 Å². The van der Waals surface area contributed by atoms with E-state index in [0.29, 0.717) is 5.92 Å². The summed E-state index contributed by atoms with van der Waals surface area (Å²) in [5.74, 6) is 1.28. The standard InChI is InChI=1S/C10H19N3O/c1-4-13-10(11-7-12-13)6-5-9(14)8(2)3/h7-9,14H,4-6H2,1-3H3. The highest BCUT2D eigenvalue weighted by molar-refractivity contribution is 4.85. The molecule has 0 aliphatic rings. The predicted molar refractivity (Wildman–Crippen MR) is 54.9 cm³/mol. The molecule has 0 saturated carbocycles. The molecule has 0 aliphatic heterocycles. The van der Waals surface area contributed by atoms with E-state index in [4.69, 9.17) is 0 Å². The minimum Gasteiger partial charge on any atom is -0.393 e. The highest BCUT2D eigenvalue weighted by Crippen LogP contribution is 2.09. The first kappa shape index (κ1) is 11.2. The first-order valence-electron chi connectivity index (χ1n) is 5.19. The molecule has 80 valence electrons. The second-order valence-electron chi connectivity index (χ2n) is 3.84. The van der Waals surface area contributed by atoms with Crippen molar-refractivity contribution in [3.63, 3.8) is 0 Å². The summed E-state index contributed by atoms with van der Waals surface area (Å²) in [6, 6.07) is 0. The average Bonchev–Trinajstić information content (AvgIpc) is 2.60. The fourth-order valence-electron chi connectivity index (χ4n) is 1.36. The molecule has 0 aliphatic carbocycles. The third kappa shape index (κ3) is 2.80. The number of aliphatic hydroxyl groups is 1. The molecule has 1 rings (SSSR count). The molecule has 1 N–H and O–H groups in total. The number of rotatable bonds is 5. The van der Waals surface area contributed by atoms with E-state index in [1.54, 1.807) is 6.33 Å². The first-order chi connectivity index (χ1) is 6.65. The molecule has 1 unspecified atom stereocenters. The molecular weight excluding hydrogens is 178 g/mol. The maximum atomic E-state index is 9.63. The van der Waals surface area contributed by atoms with Gasteiger partial charge in [-0.25, -0.2) is 4.98 Å². The van der Waals surface area contributed by atoms with Crippen molar-refractivity contribution in [3.8, 4) is 0 Å². The van der Waals surface area contributed by atoms with Gasteiger partial charge in [0.25, 0.3) is 0 Å². The SMILES string of the molecule is CCn1ncnc1CCC(O)C(C)C. The summed E-state index contributed by atoms with van der Waals surface area (Å²) in [4.78, 5) is 4.16. The molecule has 0 saturated heterocycles. The van der Waals surface area contributed by atoms with Gasteiger partial charge in [-0.05, 0) is 19.3 Å². The Morgan fingerprint density at radius 3 is 2.79 bits per heavy atom. The number of aromatic nitrogens is 3. The highest BCUT2D eigenvalue weighted by atomic mass is 16.3. The van der Waals surface area contributed by atoms with Crippen LogP contribution in [-0.4, -0.2) is 26.0 Å². The van der Waals surface area contributed by atoms with Gasteiger partial charge in [0.1, 0.15) is 12.2 Å². The highest BCUT2D eigenvalue weighted by Gasteiger charge is 2.11. The largest absolute Gasteiger partial charge is 0.393 e. The Hall–Kier alpha value is -0.900. The summed E-state index contributed by atoms with van der Waals surface area (Å²) in [5.41, 5.74) is 0. The van der Waals surface area contributed by atoms with Crippen LogP contribution in [0.4, 0.5) is 0 Å². The second kappa shape index (κ2) is 5.10. The number of aryl methyl sites for hydroxylation is 2. The van der Waals surface area contributed by atoms with Crippen LogP contribution >= 0.6 is 0 Å². The van der Waals surface area contributed by atoms with Crippen LogP contribution in [0.1, 0.15) is 33.0 Å². The maximum absolute atomic E-state index is 9.63. The van der Waals surface area contributed by atoms with E-state index < -0.39 is 0 Å². The Bertz CT molecular complexity index is 270. The van der Waals surface area contributed by atoms with Crippen LogP contribution in [0.3, 0.4) is 0 Å². The van der Waals surface area contributed by atoms with Gasteiger partial charge in [0.2, 0.25) is 0 Å². The monoisotopic (exact) mass is 197 g/mol. The van der Waals surface area contributed by atoms with E-state index in [2.05, 4.69) is 10.1 Å².